The first-order chi connectivity index (χ1) is 6.59. The van der Waals surface area contributed by atoms with E-state index in [4.69, 9.17) is 28.3 Å². The second-order valence-electron chi connectivity index (χ2n) is 2.35. The Morgan fingerprint density at radius 3 is 2.71 bits per heavy atom. The van der Waals surface area contributed by atoms with Crippen LogP contribution in [-0.2, 0) is 0 Å². The molecule has 74 valence electrons. The van der Waals surface area contributed by atoms with Crippen LogP contribution in [0.3, 0.4) is 0 Å². The van der Waals surface area contributed by atoms with Gasteiger partial charge in [-0.25, -0.2) is 10.2 Å². The second-order valence-corrected chi connectivity index (χ2v) is 3.16. The standard InChI is InChI=1S/C8H6Cl2N2O2/c9-6-2-1-5(3-7(6)10)4-11-12-8(13)14/h1-4,12H,(H,13,14). The van der Waals surface area contributed by atoms with Crippen LogP contribution in [0.1, 0.15) is 5.56 Å². The molecule has 0 unspecified atom stereocenters. The maximum atomic E-state index is 10.0. The molecule has 0 aliphatic carbocycles. The number of halogens is 2. The maximum Gasteiger partial charge on any atom is 0.425 e. The number of nitrogens with zero attached hydrogens (tertiary/aromatic N) is 1. The van der Waals surface area contributed by atoms with Gasteiger partial charge in [0.2, 0.25) is 0 Å². The summed E-state index contributed by atoms with van der Waals surface area (Å²) in [4.78, 5) is 10.0. The summed E-state index contributed by atoms with van der Waals surface area (Å²) in [6.07, 6.45) is 0.109. The number of nitrogens with one attached hydrogen (secondary N) is 1. The molecule has 0 saturated heterocycles. The first kappa shape index (κ1) is 10.8. The molecule has 0 radical (unpaired) electrons. The third kappa shape index (κ3) is 3.24. The Morgan fingerprint density at radius 2 is 2.14 bits per heavy atom. The minimum Gasteiger partial charge on any atom is -0.464 e. The van der Waals surface area contributed by atoms with Crippen molar-refractivity contribution in [2.75, 3.05) is 0 Å². The third-order valence-electron chi connectivity index (χ3n) is 1.32. The average Bonchev–Trinajstić information content (AvgIpc) is 2.10. The summed E-state index contributed by atoms with van der Waals surface area (Å²) in [5.41, 5.74) is 2.50. The molecule has 1 amide bonds. The minimum absolute atomic E-state index is 0.394. The van der Waals surface area contributed by atoms with Gasteiger partial charge in [-0.15, -0.1) is 0 Å². The van der Waals surface area contributed by atoms with Gasteiger partial charge in [0.25, 0.3) is 0 Å². The zero-order valence-corrected chi connectivity index (χ0v) is 8.38. The van der Waals surface area contributed by atoms with Crippen LogP contribution in [0.2, 0.25) is 10.0 Å². The van der Waals surface area contributed by atoms with Crippen LogP contribution < -0.4 is 5.43 Å². The van der Waals surface area contributed by atoms with Gasteiger partial charge in [0.05, 0.1) is 16.3 Å². The molecule has 0 aromatic heterocycles. The van der Waals surface area contributed by atoms with Crippen LogP contribution in [0.15, 0.2) is 23.3 Å². The van der Waals surface area contributed by atoms with Gasteiger partial charge in [0.15, 0.2) is 0 Å². The molecule has 0 aliphatic rings. The van der Waals surface area contributed by atoms with Gasteiger partial charge in [0, 0.05) is 0 Å². The highest BCUT2D eigenvalue weighted by Gasteiger charge is 1.97. The van der Waals surface area contributed by atoms with Crippen molar-refractivity contribution in [1.82, 2.24) is 5.43 Å². The van der Waals surface area contributed by atoms with Crippen molar-refractivity contribution in [3.63, 3.8) is 0 Å². The monoisotopic (exact) mass is 232 g/mol. The number of carboxylic acid groups (broad SMARTS) is 1. The Kier molecular flexibility index (Phi) is 3.73. The van der Waals surface area contributed by atoms with Gasteiger partial charge in [-0.2, -0.15) is 5.10 Å². The molecule has 0 aliphatic heterocycles. The molecule has 1 aromatic rings. The molecule has 14 heavy (non-hydrogen) atoms. The van der Waals surface area contributed by atoms with E-state index in [0.717, 1.165) is 0 Å². The Labute approximate surface area is 90.1 Å². The molecule has 0 fully saturated rings. The lowest BCUT2D eigenvalue weighted by atomic mass is 10.2. The van der Waals surface area contributed by atoms with E-state index in [1.54, 1.807) is 18.2 Å². The summed E-state index contributed by atoms with van der Waals surface area (Å²) in [7, 11) is 0. The van der Waals surface area contributed by atoms with Crippen LogP contribution in [0, 0.1) is 0 Å². The normalized spacial score (nSPS) is 10.4. The fourth-order valence-electron chi connectivity index (χ4n) is 0.755. The molecule has 0 atom stereocenters. The van der Waals surface area contributed by atoms with E-state index in [0.29, 0.717) is 15.6 Å². The van der Waals surface area contributed by atoms with Crippen molar-refractivity contribution >= 4 is 35.5 Å². The SMILES string of the molecule is O=C(O)NN=Cc1ccc(Cl)c(Cl)c1. The summed E-state index contributed by atoms with van der Waals surface area (Å²) < 4.78 is 0. The van der Waals surface area contributed by atoms with Crippen molar-refractivity contribution in [1.29, 1.82) is 0 Å². The van der Waals surface area contributed by atoms with Crippen LogP contribution in [0.25, 0.3) is 0 Å². The molecule has 0 saturated carbocycles. The highest BCUT2D eigenvalue weighted by atomic mass is 35.5. The number of benzene rings is 1. The molecule has 0 spiro atoms. The van der Waals surface area contributed by atoms with E-state index in [-0.39, 0.29) is 0 Å². The van der Waals surface area contributed by atoms with E-state index in [9.17, 15) is 4.79 Å². The van der Waals surface area contributed by atoms with Crippen molar-refractivity contribution in [3.05, 3.63) is 33.8 Å². The van der Waals surface area contributed by atoms with Crippen LogP contribution in [0.5, 0.6) is 0 Å². The molecule has 6 heteroatoms. The summed E-state index contributed by atoms with van der Waals surface area (Å²) in [5, 5.41) is 12.5. The third-order valence-corrected chi connectivity index (χ3v) is 2.06. The second kappa shape index (κ2) is 4.83. The Hall–Kier alpha value is -1.26. The van der Waals surface area contributed by atoms with Gasteiger partial charge in [-0.05, 0) is 17.7 Å². The number of amides is 1. The van der Waals surface area contributed by atoms with E-state index < -0.39 is 6.09 Å². The van der Waals surface area contributed by atoms with E-state index >= 15 is 0 Å². The summed E-state index contributed by atoms with van der Waals surface area (Å²) in [6, 6.07) is 4.85. The fraction of sp³-hybridized carbons (Fsp3) is 0. The molecule has 0 heterocycles. The lowest BCUT2D eigenvalue weighted by Crippen LogP contribution is -2.13. The zero-order valence-electron chi connectivity index (χ0n) is 6.87. The summed E-state index contributed by atoms with van der Waals surface area (Å²) >= 11 is 11.4. The lowest BCUT2D eigenvalue weighted by molar-refractivity contribution is 0.195. The predicted octanol–water partition coefficient (Wildman–Crippen LogP) is 2.59. The van der Waals surface area contributed by atoms with Crippen molar-refractivity contribution in [3.8, 4) is 0 Å². The number of hydrazone groups is 1. The predicted molar refractivity (Wildman–Crippen MR) is 55.2 cm³/mol. The molecular formula is C8H6Cl2N2O2. The Balaban J connectivity index is 2.73. The highest BCUT2D eigenvalue weighted by Crippen LogP contribution is 2.21. The molecular weight excluding hydrogens is 227 g/mol. The fourth-order valence-corrected chi connectivity index (χ4v) is 1.06. The van der Waals surface area contributed by atoms with E-state index in [1.165, 1.54) is 6.21 Å². The first-order valence-corrected chi connectivity index (χ1v) is 4.32. The molecule has 0 bridgehead atoms. The van der Waals surface area contributed by atoms with E-state index in [1.807, 2.05) is 5.43 Å². The van der Waals surface area contributed by atoms with Gasteiger partial charge < -0.3 is 5.11 Å². The quantitative estimate of drug-likeness (QED) is 0.609. The van der Waals surface area contributed by atoms with Gasteiger partial charge in [-0.3, -0.25) is 0 Å². The van der Waals surface area contributed by atoms with Gasteiger partial charge in [-0.1, -0.05) is 29.3 Å². The summed E-state index contributed by atoms with van der Waals surface area (Å²) in [6.45, 7) is 0. The topological polar surface area (TPSA) is 61.7 Å². The maximum absolute atomic E-state index is 10.0. The Bertz CT molecular complexity index is 380. The largest absolute Gasteiger partial charge is 0.464 e. The van der Waals surface area contributed by atoms with Gasteiger partial charge >= 0.3 is 6.09 Å². The minimum atomic E-state index is -1.22. The smallest absolute Gasteiger partial charge is 0.425 e. The number of carbonyl (C=O) groups is 1. The van der Waals surface area contributed by atoms with Crippen LogP contribution >= 0.6 is 23.2 Å². The van der Waals surface area contributed by atoms with Crippen molar-refractivity contribution in [2.24, 2.45) is 5.10 Å². The average molecular weight is 233 g/mol. The summed E-state index contributed by atoms with van der Waals surface area (Å²) in [5.74, 6) is 0. The van der Waals surface area contributed by atoms with Crippen LogP contribution in [0.4, 0.5) is 4.79 Å². The van der Waals surface area contributed by atoms with Crippen LogP contribution in [-0.4, -0.2) is 17.4 Å². The highest BCUT2D eigenvalue weighted by molar-refractivity contribution is 6.42. The lowest BCUT2D eigenvalue weighted by Gasteiger charge is -1.96. The van der Waals surface area contributed by atoms with E-state index in [2.05, 4.69) is 5.10 Å². The zero-order chi connectivity index (χ0) is 10.6. The first-order valence-electron chi connectivity index (χ1n) is 3.56. The number of rotatable bonds is 2. The molecule has 1 aromatic carbocycles. The van der Waals surface area contributed by atoms with Crippen molar-refractivity contribution < 1.29 is 9.90 Å². The van der Waals surface area contributed by atoms with Crippen molar-refractivity contribution in [2.45, 2.75) is 0 Å². The molecule has 1 rings (SSSR count). The molecule has 2 N–H and O–H groups in total. The molecule has 4 nitrogen and oxygen atoms in total. The number of hydrogen-bond acceptors (Lipinski definition) is 2. The Morgan fingerprint density at radius 1 is 1.43 bits per heavy atom. The van der Waals surface area contributed by atoms with Gasteiger partial charge in [0.1, 0.15) is 0 Å². The number of hydrogen-bond donors (Lipinski definition) is 2.